The van der Waals surface area contributed by atoms with Gasteiger partial charge in [0.1, 0.15) is 0 Å². The summed E-state index contributed by atoms with van der Waals surface area (Å²) in [6, 6.07) is 4.11. The SMILES string of the molecule is CC1CC1(N)CCn1cccc1. The Morgan fingerprint density at radius 2 is 2.08 bits per heavy atom. The van der Waals surface area contributed by atoms with Gasteiger partial charge < -0.3 is 10.3 Å². The van der Waals surface area contributed by atoms with Gasteiger partial charge in [0, 0.05) is 24.5 Å². The number of hydrogen-bond acceptors (Lipinski definition) is 1. The molecule has 0 aliphatic heterocycles. The van der Waals surface area contributed by atoms with Crippen molar-refractivity contribution in [3.8, 4) is 0 Å². The molecule has 66 valence electrons. The molecule has 1 heterocycles. The fourth-order valence-electron chi connectivity index (χ4n) is 1.72. The van der Waals surface area contributed by atoms with Gasteiger partial charge in [0.25, 0.3) is 0 Å². The predicted octanol–water partition coefficient (Wildman–Crippen LogP) is 1.62. The van der Waals surface area contributed by atoms with E-state index in [0.717, 1.165) is 18.9 Å². The molecule has 1 saturated carbocycles. The minimum atomic E-state index is 0.157. The van der Waals surface area contributed by atoms with Crippen LogP contribution in [0, 0.1) is 5.92 Å². The van der Waals surface area contributed by atoms with Crippen molar-refractivity contribution >= 4 is 0 Å². The zero-order valence-electron chi connectivity index (χ0n) is 7.53. The fourth-order valence-corrected chi connectivity index (χ4v) is 1.72. The van der Waals surface area contributed by atoms with Crippen LogP contribution in [0.15, 0.2) is 24.5 Å². The quantitative estimate of drug-likeness (QED) is 0.723. The van der Waals surface area contributed by atoms with E-state index in [2.05, 4.69) is 36.0 Å². The average molecular weight is 164 g/mol. The van der Waals surface area contributed by atoms with E-state index in [0.29, 0.717) is 0 Å². The average Bonchev–Trinajstić information content (AvgIpc) is 2.57. The van der Waals surface area contributed by atoms with Crippen molar-refractivity contribution in [1.29, 1.82) is 0 Å². The first-order valence-corrected chi connectivity index (χ1v) is 4.60. The maximum atomic E-state index is 6.09. The lowest BCUT2D eigenvalue weighted by Gasteiger charge is -2.10. The number of nitrogens with zero attached hydrogens (tertiary/aromatic N) is 1. The van der Waals surface area contributed by atoms with E-state index in [9.17, 15) is 0 Å². The van der Waals surface area contributed by atoms with Crippen molar-refractivity contribution in [2.24, 2.45) is 11.7 Å². The van der Waals surface area contributed by atoms with Gasteiger partial charge in [-0.25, -0.2) is 0 Å². The van der Waals surface area contributed by atoms with Crippen molar-refractivity contribution in [3.05, 3.63) is 24.5 Å². The Morgan fingerprint density at radius 3 is 2.58 bits per heavy atom. The van der Waals surface area contributed by atoms with Crippen LogP contribution in [0.1, 0.15) is 19.8 Å². The van der Waals surface area contributed by atoms with Crippen molar-refractivity contribution in [3.63, 3.8) is 0 Å². The molecule has 2 N–H and O–H groups in total. The van der Waals surface area contributed by atoms with Crippen LogP contribution in [-0.2, 0) is 6.54 Å². The zero-order chi connectivity index (χ0) is 8.60. The summed E-state index contributed by atoms with van der Waals surface area (Å²) in [6.45, 7) is 3.30. The van der Waals surface area contributed by atoms with Crippen LogP contribution in [0.25, 0.3) is 0 Å². The summed E-state index contributed by atoms with van der Waals surface area (Å²) < 4.78 is 2.19. The highest BCUT2D eigenvalue weighted by molar-refractivity contribution is 5.05. The van der Waals surface area contributed by atoms with Crippen LogP contribution in [0.4, 0.5) is 0 Å². The normalized spacial score (nSPS) is 33.7. The van der Waals surface area contributed by atoms with E-state index in [-0.39, 0.29) is 5.54 Å². The molecule has 0 bridgehead atoms. The standard InChI is InChI=1S/C10H16N2/c1-9-8-10(9,11)4-7-12-5-2-3-6-12/h2-3,5-6,9H,4,7-8,11H2,1H3. The Bertz CT molecular complexity index is 253. The second-order valence-corrected chi connectivity index (χ2v) is 4.01. The lowest BCUT2D eigenvalue weighted by atomic mass is 10.1. The second kappa shape index (κ2) is 2.63. The van der Waals surface area contributed by atoms with Crippen molar-refractivity contribution in [1.82, 2.24) is 4.57 Å². The Morgan fingerprint density at radius 1 is 1.50 bits per heavy atom. The largest absolute Gasteiger partial charge is 0.354 e. The molecule has 1 aliphatic rings. The summed E-state index contributed by atoms with van der Waals surface area (Å²) in [5.41, 5.74) is 6.25. The van der Waals surface area contributed by atoms with E-state index in [4.69, 9.17) is 5.73 Å². The molecule has 2 nitrogen and oxygen atoms in total. The number of rotatable bonds is 3. The predicted molar refractivity (Wildman–Crippen MR) is 49.7 cm³/mol. The maximum absolute atomic E-state index is 6.09. The lowest BCUT2D eigenvalue weighted by Crippen LogP contribution is -2.25. The molecule has 0 spiro atoms. The number of nitrogens with two attached hydrogens (primary N) is 1. The monoisotopic (exact) mass is 164 g/mol. The van der Waals surface area contributed by atoms with Gasteiger partial charge >= 0.3 is 0 Å². The topological polar surface area (TPSA) is 30.9 Å². The van der Waals surface area contributed by atoms with Gasteiger partial charge in [-0.15, -0.1) is 0 Å². The zero-order valence-corrected chi connectivity index (χ0v) is 7.53. The molecule has 2 unspecified atom stereocenters. The third kappa shape index (κ3) is 1.39. The number of aryl methyl sites for hydroxylation is 1. The molecule has 2 rings (SSSR count). The first-order chi connectivity index (χ1) is 5.71. The molecule has 2 atom stereocenters. The van der Waals surface area contributed by atoms with Gasteiger partial charge in [0.05, 0.1) is 0 Å². The van der Waals surface area contributed by atoms with E-state index in [1.165, 1.54) is 6.42 Å². The molecule has 12 heavy (non-hydrogen) atoms. The molecule has 0 amide bonds. The molecule has 0 radical (unpaired) electrons. The van der Waals surface area contributed by atoms with E-state index < -0.39 is 0 Å². The summed E-state index contributed by atoms with van der Waals surface area (Å²) in [7, 11) is 0. The summed E-state index contributed by atoms with van der Waals surface area (Å²) in [6.07, 6.45) is 6.50. The van der Waals surface area contributed by atoms with E-state index in [1.807, 2.05) is 0 Å². The molecular formula is C10H16N2. The highest BCUT2D eigenvalue weighted by Crippen LogP contribution is 2.43. The van der Waals surface area contributed by atoms with Crippen molar-refractivity contribution < 1.29 is 0 Å². The smallest absolute Gasteiger partial charge is 0.0237 e. The molecular weight excluding hydrogens is 148 g/mol. The highest BCUT2D eigenvalue weighted by Gasteiger charge is 2.46. The van der Waals surface area contributed by atoms with E-state index in [1.54, 1.807) is 0 Å². The summed E-state index contributed by atoms with van der Waals surface area (Å²) in [4.78, 5) is 0. The molecule has 1 aromatic rings. The van der Waals surface area contributed by atoms with Crippen LogP contribution in [0.5, 0.6) is 0 Å². The molecule has 1 aliphatic carbocycles. The minimum absolute atomic E-state index is 0.157. The Balaban J connectivity index is 1.84. The number of aromatic nitrogens is 1. The van der Waals surface area contributed by atoms with Crippen molar-refractivity contribution in [2.45, 2.75) is 31.8 Å². The van der Waals surface area contributed by atoms with Gasteiger partial charge in [-0.2, -0.15) is 0 Å². The molecule has 1 fully saturated rings. The van der Waals surface area contributed by atoms with Gasteiger partial charge in [-0.1, -0.05) is 6.92 Å². The Hall–Kier alpha value is -0.760. The molecule has 0 saturated heterocycles. The van der Waals surface area contributed by atoms with Crippen LogP contribution in [0.3, 0.4) is 0 Å². The van der Waals surface area contributed by atoms with Gasteiger partial charge in [0.15, 0.2) is 0 Å². The van der Waals surface area contributed by atoms with Crippen LogP contribution < -0.4 is 5.73 Å². The van der Waals surface area contributed by atoms with Crippen molar-refractivity contribution in [2.75, 3.05) is 0 Å². The highest BCUT2D eigenvalue weighted by atomic mass is 15.0. The van der Waals surface area contributed by atoms with Gasteiger partial charge in [0.2, 0.25) is 0 Å². The van der Waals surface area contributed by atoms with Gasteiger partial charge in [-0.3, -0.25) is 0 Å². The summed E-state index contributed by atoms with van der Waals surface area (Å²) in [5, 5.41) is 0. The third-order valence-corrected chi connectivity index (χ3v) is 3.01. The minimum Gasteiger partial charge on any atom is -0.354 e. The van der Waals surface area contributed by atoms with E-state index >= 15 is 0 Å². The third-order valence-electron chi connectivity index (χ3n) is 3.01. The Kier molecular flexibility index (Phi) is 1.72. The first kappa shape index (κ1) is 7.87. The fraction of sp³-hybridized carbons (Fsp3) is 0.600. The molecule has 0 aromatic carbocycles. The molecule has 2 heteroatoms. The summed E-state index contributed by atoms with van der Waals surface area (Å²) in [5.74, 6) is 0.730. The van der Waals surface area contributed by atoms with Gasteiger partial charge in [-0.05, 0) is 30.9 Å². The van der Waals surface area contributed by atoms with Crippen LogP contribution in [-0.4, -0.2) is 10.1 Å². The second-order valence-electron chi connectivity index (χ2n) is 4.01. The molecule has 1 aromatic heterocycles. The first-order valence-electron chi connectivity index (χ1n) is 4.60. The van der Waals surface area contributed by atoms with Crippen LogP contribution >= 0.6 is 0 Å². The lowest BCUT2D eigenvalue weighted by molar-refractivity contribution is 0.506. The van der Waals surface area contributed by atoms with Crippen LogP contribution in [0.2, 0.25) is 0 Å². The summed E-state index contributed by atoms with van der Waals surface area (Å²) >= 11 is 0. The Labute approximate surface area is 73.4 Å². The maximum Gasteiger partial charge on any atom is 0.0237 e. The number of hydrogen-bond donors (Lipinski definition) is 1.